The Kier molecular flexibility index (Phi) is 7.54. The molecule has 1 aromatic carbocycles. The lowest BCUT2D eigenvalue weighted by molar-refractivity contribution is -0.126. The van der Waals surface area contributed by atoms with E-state index in [4.69, 9.17) is 4.74 Å². The van der Waals surface area contributed by atoms with Gasteiger partial charge in [-0.05, 0) is 57.4 Å². The molecule has 2 aliphatic heterocycles. The number of hydrogen-bond donors (Lipinski definition) is 1. The van der Waals surface area contributed by atoms with E-state index in [0.717, 1.165) is 50.1 Å². The van der Waals surface area contributed by atoms with Gasteiger partial charge < -0.3 is 15.0 Å². The van der Waals surface area contributed by atoms with Crippen LogP contribution in [-0.4, -0.2) is 68.6 Å². The maximum absolute atomic E-state index is 12.5. The number of nitrogens with one attached hydrogen (secondary N) is 1. The number of likely N-dealkylation sites (tertiary alicyclic amines) is 1. The molecule has 0 aliphatic carbocycles. The molecule has 0 saturated carbocycles. The van der Waals surface area contributed by atoms with Gasteiger partial charge in [0.25, 0.3) is 0 Å². The average Bonchev–Trinajstić information content (AvgIpc) is 2.74. The Labute approximate surface area is 174 Å². The van der Waals surface area contributed by atoms with Gasteiger partial charge in [-0.25, -0.2) is 12.7 Å². The van der Waals surface area contributed by atoms with Gasteiger partial charge in [-0.2, -0.15) is 0 Å². The zero-order valence-corrected chi connectivity index (χ0v) is 18.3. The van der Waals surface area contributed by atoms with Crippen LogP contribution in [0.4, 0.5) is 0 Å². The van der Waals surface area contributed by atoms with Gasteiger partial charge in [-0.3, -0.25) is 4.79 Å². The number of ether oxygens (including phenoxy) is 1. The van der Waals surface area contributed by atoms with E-state index in [9.17, 15) is 13.2 Å². The van der Waals surface area contributed by atoms with Crippen molar-refractivity contribution in [3.63, 3.8) is 0 Å². The topological polar surface area (TPSA) is 79.0 Å². The fourth-order valence-electron chi connectivity index (χ4n) is 3.91. The normalized spacial score (nSPS) is 22.3. The number of piperidine rings is 2. The smallest absolute Gasteiger partial charge is 0.224 e. The number of nitrogens with zero attached hydrogens (tertiary/aromatic N) is 2. The lowest BCUT2D eigenvalue weighted by Gasteiger charge is -2.31. The minimum Gasteiger partial charge on any atom is -0.490 e. The molecule has 0 radical (unpaired) electrons. The third-order valence-electron chi connectivity index (χ3n) is 5.87. The first-order valence-corrected chi connectivity index (χ1v) is 12.2. The van der Waals surface area contributed by atoms with Crippen LogP contribution in [0, 0.1) is 5.92 Å². The van der Waals surface area contributed by atoms with E-state index in [0.29, 0.717) is 13.1 Å². The molecule has 1 unspecified atom stereocenters. The van der Waals surface area contributed by atoms with E-state index in [-0.39, 0.29) is 30.2 Å². The molecule has 0 bridgehead atoms. The molecule has 0 spiro atoms. The molecule has 2 heterocycles. The van der Waals surface area contributed by atoms with Crippen molar-refractivity contribution in [1.82, 2.24) is 14.5 Å². The second-order valence-corrected chi connectivity index (χ2v) is 10.3. The van der Waals surface area contributed by atoms with Gasteiger partial charge in [0, 0.05) is 32.7 Å². The lowest BCUT2D eigenvalue weighted by atomic mass is 9.99. The molecular formula is C21H33N3O4S. The summed E-state index contributed by atoms with van der Waals surface area (Å²) in [6.07, 6.45) is 3.80. The zero-order chi connectivity index (χ0) is 20.9. The summed E-state index contributed by atoms with van der Waals surface area (Å²) in [5, 5.41) is 2.96. The van der Waals surface area contributed by atoms with Crippen LogP contribution in [-0.2, 0) is 21.4 Å². The number of sulfonamides is 1. The molecule has 1 N–H and O–H groups in total. The molecule has 1 aromatic rings. The Balaban J connectivity index is 1.46. The van der Waals surface area contributed by atoms with Crippen molar-refractivity contribution < 1.29 is 17.9 Å². The van der Waals surface area contributed by atoms with E-state index < -0.39 is 10.0 Å². The van der Waals surface area contributed by atoms with E-state index in [1.807, 2.05) is 24.3 Å². The first-order chi connectivity index (χ1) is 13.9. The predicted octanol–water partition coefficient (Wildman–Crippen LogP) is 1.84. The van der Waals surface area contributed by atoms with E-state index in [1.165, 1.54) is 4.31 Å². The second-order valence-electron chi connectivity index (χ2n) is 8.08. The summed E-state index contributed by atoms with van der Waals surface area (Å²) in [6.45, 7) is 4.99. The van der Waals surface area contributed by atoms with Crippen molar-refractivity contribution in [1.29, 1.82) is 0 Å². The quantitative estimate of drug-likeness (QED) is 0.724. The highest BCUT2D eigenvalue weighted by molar-refractivity contribution is 7.89. The van der Waals surface area contributed by atoms with Gasteiger partial charge >= 0.3 is 0 Å². The highest BCUT2D eigenvalue weighted by Crippen LogP contribution is 2.21. The molecule has 2 saturated heterocycles. The van der Waals surface area contributed by atoms with Crippen LogP contribution in [0.3, 0.4) is 0 Å². The number of hydrogen-bond acceptors (Lipinski definition) is 5. The van der Waals surface area contributed by atoms with Crippen molar-refractivity contribution in [2.24, 2.45) is 5.92 Å². The number of carbonyl (C=O) groups excluding carboxylic acids is 1. The van der Waals surface area contributed by atoms with Crippen molar-refractivity contribution in [3.8, 4) is 5.75 Å². The monoisotopic (exact) mass is 423 g/mol. The van der Waals surface area contributed by atoms with Crippen molar-refractivity contribution in [2.75, 3.05) is 39.0 Å². The molecule has 2 aliphatic rings. The largest absolute Gasteiger partial charge is 0.490 e. The summed E-state index contributed by atoms with van der Waals surface area (Å²) < 4.78 is 31.7. The summed E-state index contributed by atoms with van der Waals surface area (Å²) in [5.74, 6) is 0.583. The fraction of sp³-hybridized carbons (Fsp3) is 0.667. The van der Waals surface area contributed by atoms with Gasteiger partial charge in [0.15, 0.2) is 0 Å². The van der Waals surface area contributed by atoms with Gasteiger partial charge in [0.1, 0.15) is 11.9 Å². The number of rotatable bonds is 7. The summed E-state index contributed by atoms with van der Waals surface area (Å²) in [4.78, 5) is 14.8. The molecule has 1 atom stereocenters. The Morgan fingerprint density at radius 3 is 2.48 bits per heavy atom. The van der Waals surface area contributed by atoms with Gasteiger partial charge in [-0.15, -0.1) is 0 Å². The molecular weight excluding hydrogens is 390 g/mol. The van der Waals surface area contributed by atoms with Crippen LogP contribution in [0.1, 0.15) is 38.2 Å². The third kappa shape index (κ3) is 6.17. The highest BCUT2D eigenvalue weighted by atomic mass is 32.2. The SMILES string of the molecule is CCS(=O)(=O)N1CCCC(C(=O)NCc2ccc(OC3CCN(C)CC3)cc2)C1. The first-order valence-electron chi connectivity index (χ1n) is 10.6. The van der Waals surface area contributed by atoms with E-state index in [2.05, 4.69) is 17.3 Å². The van der Waals surface area contributed by atoms with E-state index in [1.54, 1.807) is 6.92 Å². The Hall–Kier alpha value is -1.64. The van der Waals surface area contributed by atoms with Crippen molar-refractivity contribution in [2.45, 2.75) is 45.3 Å². The molecule has 2 fully saturated rings. The van der Waals surface area contributed by atoms with Gasteiger partial charge in [0.05, 0.1) is 11.7 Å². The molecule has 29 heavy (non-hydrogen) atoms. The van der Waals surface area contributed by atoms with Crippen LogP contribution in [0.15, 0.2) is 24.3 Å². The fourth-order valence-corrected chi connectivity index (χ4v) is 5.09. The number of amides is 1. The molecule has 3 rings (SSSR count). The average molecular weight is 424 g/mol. The lowest BCUT2D eigenvalue weighted by Crippen LogP contribution is -2.45. The Bertz CT molecular complexity index is 774. The second kappa shape index (κ2) is 9.91. The van der Waals surface area contributed by atoms with Crippen molar-refractivity contribution >= 4 is 15.9 Å². The summed E-state index contributed by atoms with van der Waals surface area (Å²) in [6, 6.07) is 7.85. The van der Waals surface area contributed by atoms with Crippen LogP contribution >= 0.6 is 0 Å². The predicted molar refractivity (Wildman–Crippen MR) is 113 cm³/mol. The summed E-state index contributed by atoms with van der Waals surface area (Å²) in [7, 11) is -1.11. The summed E-state index contributed by atoms with van der Waals surface area (Å²) in [5.41, 5.74) is 1.00. The maximum Gasteiger partial charge on any atom is 0.224 e. The minimum absolute atomic E-state index is 0.0762. The van der Waals surface area contributed by atoms with Crippen LogP contribution < -0.4 is 10.1 Å². The van der Waals surface area contributed by atoms with Crippen LogP contribution in [0.5, 0.6) is 5.75 Å². The third-order valence-corrected chi connectivity index (χ3v) is 7.72. The molecule has 0 aromatic heterocycles. The standard InChI is InChI=1S/C21H33N3O4S/c1-3-29(26,27)24-12-4-5-18(16-24)21(25)22-15-17-6-8-19(9-7-17)28-20-10-13-23(2)14-11-20/h6-9,18,20H,3-5,10-16H2,1-2H3,(H,22,25). The highest BCUT2D eigenvalue weighted by Gasteiger charge is 2.31. The zero-order valence-electron chi connectivity index (χ0n) is 17.5. The van der Waals surface area contributed by atoms with Crippen molar-refractivity contribution in [3.05, 3.63) is 29.8 Å². The van der Waals surface area contributed by atoms with E-state index >= 15 is 0 Å². The summed E-state index contributed by atoms with van der Waals surface area (Å²) >= 11 is 0. The van der Waals surface area contributed by atoms with Gasteiger partial charge in [-0.1, -0.05) is 12.1 Å². The molecule has 162 valence electrons. The van der Waals surface area contributed by atoms with Gasteiger partial charge in [0.2, 0.25) is 15.9 Å². The Morgan fingerprint density at radius 1 is 1.14 bits per heavy atom. The Morgan fingerprint density at radius 2 is 1.83 bits per heavy atom. The minimum atomic E-state index is -3.24. The molecule has 1 amide bonds. The first kappa shape index (κ1) is 22.1. The van der Waals surface area contributed by atoms with Crippen LogP contribution in [0.2, 0.25) is 0 Å². The molecule has 7 nitrogen and oxygen atoms in total. The van der Waals surface area contributed by atoms with Crippen LogP contribution in [0.25, 0.3) is 0 Å². The maximum atomic E-state index is 12.5. The molecule has 8 heteroatoms. The number of benzene rings is 1. The number of carbonyl (C=O) groups is 1.